The number of aromatic amines is 1. The van der Waals surface area contributed by atoms with Gasteiger partial charge in [-0.25, -0.2) is 10.1 Å². The molecule has 0 radical (unpaired) electrons. The second kappa shape index (κ2) is 4.84. The molecule has 2 rings (SSSR count). The minimum atomic E-state index is 0.320. The van der Waals surface area contributed by atoms with Crippen LogP contribution in [0.1, 0.15) is 5.56 Å². The van der Waals surface area contributed by atoms with E-state index >= 15 is 0 Å². The number of nitrogens with two attached hydrogens (primary N) is 1. The summed E-state index contributed by atoms with van der Waals surface area (Å²) in [6.07, 6.45) is 1.69. The molecule has 0 aliphatic heterocycles. The lowest BCUT2D eigenvalue weighted by molar-refractivity contribution is 0.394. The summed E-state index contributed by atoms with van der Waals surface area (Å²) in [6.45, 7) is 0. The number of nitrogens with one attached hydrogen (secondary N) is 1. The third kappa shape index (κ3) is 2.43. The molecule has 0 saturated carbocycles. The number of hydrogen-bond donors (Lipinski definition) is 2. The molecule has 0 spiro atoms. The van der Waals surface area contributed by atoms with E-state index in [4.69, 9.17) is 10.5 Å². The number of aromatic nitrogens is 4. The minimum absolute atomic E-state index is 0.320. The summed E-state index contributed by atoms with van der Waals surface area (Å²) in [5.41, 5.74) is 6.42. The molecule has 0 unspecified atom stereocenters. The maximum atomic E-state index is 5.42. The minimum Gasteiger partial charge on any atom is -0.481 e. The first kappa shape index (κ1) is 10.7. The molecule has 0 aliphatic rings. The Balaban J connectivity index is 2.04. The van der Waals surface area contributed by atoms with Crippen molar-refractivity contribution in [1.29, 1.82) is 0 Å². The van der Waals surface area contributed by atoms with Crippen molar-refractivity contribution in [2.24, 2.45) is 0 Å². The van der Waals surface area contributed by atoms with E-state index in [0.717, 1.165) is 5.56 Å². The van der Waals surface area contributed by atoms with E-state index < -0.39 is 0 Å². The fraction of sp³-hybridized carbons (Fsp3) is 0.222. The van der Waals surface area contributed by atoms with Crippen molar-refractivity contribution in [3.8, 4) is 5.88 Å². The number of rotatable bonds is 4. The molecule has 6 nitrogen and oxygen atoms in total. The Morgan fingerprint density at radius 1 is 1.56 bits per heavy atom. The highest BCUT2D eigenvalue weighted by atomic mass is 32.2. The molecule has 0 fully saturated rings. The Morgan fingerprint density at radius 3 is 3.12 bits per heavy atom. The standard InChI is InChI=1S/C9H11N5OS/c1-15-7-6(3-2-4-11-7)5-16-9-12-8(10)13-14-9/h2-4H,5H2,1H3,(H3,10,12,13,14). The van der Waals surface area contributed by atoms with E-state index in [1.165, 1.54) is 11.8 Å². The predicted octanol–water partition coefficient (Wildman–Crippen LogP) is 1.08. The molecule has 16 heavy (non-hydrogen) atoms. The van der Waals surface area contributed by atoms with Gasteiger partial charge in [0.1, 0.15) is 0 Å². The summed E-state index contributed by atoms with van der Waals surface area (Å²) in [7, 11) is 1.60. The Bertz CT molecular complexity index is 472. The average molecular weight is 237 g/mol. The molecule has 2 aromatic heterocycles. The van der Waals surface area contributed by atoms with Crippen LogP contribution < -0.4 is 10.5 Å². The molecule has 0 aliphatic carbocycles. The molecule has 0 atom stereocenters. The number of nitrogens with zero attached hydrogens (tertiary/aromatic N) is 3. The first-order valence-corrected chi connectivity index (χ1v) is 5.56. The van der Waals surface area contributed by atoms with Gasteiger partial charge in [0.05, 0.1) is 7.11 Å². The van der Waals surface area contributed by atoms with Crippen molar-refractivity contribution in [3.05, 3.63) is 23.9 Å². The quantitative estimate of drug-likeness (QED) is 0.773. The Labute approximate surface area is 96.6 Å². The lowest BCUT2D eigenvalue weighted by atomic mass is 10.3. The van der Waals surface area contributed by atoms with E-state index in [0.29, 0.717) is 22.7 Å². The molecule has 2 aromatic rings. The highest BCUT2D eigenvalue weighted by molar-refractivity contribution is 7.98. The molecular weight excluding hydrogens is 226 g/mol. The number of nitrogen functional groups attached to an aromatic ring is 1. The molecule has 2 heterocycles. The average Bonchev–Trinajstić information content (AvgIpc) is 2.73. The third-order valence-electron chi connectivity index (χ3n) is 1.88. The second-order valence-corrected chi connectivity index (χ2v) is 3.91. The van der Waals surface area contributed by atoms with Crippen LogP contribution in [0.4, 0.5) is 5.95 Å². The van der Waals surface area contributed by atoms with Crippen molar-refractivity contribution in [1.82, 2.24) is 20.2 Å². The number of thioether (sulfide) groups is 1. The Morgan fingerprint density at radius 2 is 2.44 bits per heavy atom. The molecule has 0 bridgehead atoms. The number of H-pyrrole nitrogens is 1. The zero-order valence-electron chi connectivity index (χ0n) is 8.67. The van der Waals surface area contributed by atoms with Gasteiger partial charge < -0.3 is 10.5 Å². The van der Waals surface area contributed by atoms with Crippen LogP contribution in [0.5, 0.6) is 5.88 Å². The zero-order valence-corrected chi connectivity index (χ0v) is 9.49. The van der Waals surface area contributed by atoms with Crippen molar-refractivity contribution < 1.29 is 4.74 Å². The zero-order chi connectivity index (χ0) is 11.4. The molecule has 84 valence electrons. The van der Waals surface area contributed by atoms with Crippen LogP contribution in [0, 0.1) is 0 Å². The van der Waals surface area contributed by atoms with Crippen LogP contribution in [-0.2, 0) is 5.75 Å². The molecule has 0 aromatic carbocycles. The largest absolute Gasteiger partial charge is 0.481 e. The van der Waals surface area contributed by atoms with Gasteiger partial charge in [-0.2, -0.15) is 4.98 Å². The van der Waals surface area contributed by atoms with E-state index in [1.807, 2.05) is 12.1 Å². The lowest BCUT2D eigenvalue weighted by Gasteiger charge is -2.04. The SMILES string of the molecule is COc1ncccc1CSc1n[nH]c(N)n1. The monoisotopic (exact) mass is 237 g/mol. The van der Waals surface area contributed by atoms with Crippen LogP contribution in [0.15, 0.2) is 23.5 Å². The van der Waals surface area contributed by atoms with E-state index in [9.17, 15) is 0 Å². The second-order valence-electron chi connectivity index (χ2n) is 2.96. The van der Waals surface area contributed by atoms with E-state index in [1.54, 1.807) is 13.3 Å². The van der Waals surface area contributed by atoms with E-state index in [-0.39, 0.29) is 0 Å². The van der Waals surface area contributed by atoms with Crippen molar-refractivity contribution in [2.45, 2.75) is 10.9 Å². The van der Waals surface area contributed by atoms with Gasteiger partial charge in [0.15, 0.2) is 0 Å². The van der Waals surface area contributed by atoms with Gasteiger partial charge in [0, 0.05) is 17.5 Å². The summed E-state index contributed by atoms with van der Waals surface area (Å²) >= 11 is 1.47. The van der Waals surface area contributed by atoms with Gasteiger partial charge in [-0.15, -0.1) is 5.10 Å². The number of anilines is 1. The van der Waals surface area contributed by atoms with E-state index in [2.05, 4.69) is 20.2 Å². The Kier molecular flexibility index (Phi) is 3.25. The van der Waals surface area contributed by atoms with Crippen molar-refractivity contribution in [3.63, 3.8) is 0 Å². The fourth-order valence-electron chi connectivity index (χ4n) is 1.18. The summed E-state index contributed by atoms with van der Waals surface area (Å²) < 4.78 is 5.14. The molecule has 7 heteroatoms. The van der Waals surface area contributed by atoms with Crippen LogP contribution >= 0.6 is 11.8 Å². The molecule has 3 N–H and O–H groups in total. The van der Waals surface area contributed by atoms with Crippen LogP contribution in [0.3, 0.4) is 0 Å². The maximum Gasteiger partial charge on any atom is 0.217 e. The highest BCUT2D eigenvalue weighted by Crippen LogP contribution is 2.24. The van der Waals surface area contributed by atoms with Crippen molar-refractivity contribution >= 4 is 17.7 Å². The van der Waals surface area contributed by atoms with Crippen LogP contribution in [0.2, 0.25) is 0 Å². The predicted molar refractivity (Wildman–Crippen MR) is 61.1 cm³/mol. The normalized spacial score (nSPS) is 10.3. The van der Waals surface area contributed by atoms with Gasteiger partial charge >= 0.3 is 0 Å². The smallest absolute Gasteiger partial charge is 0.217 e. The fourth-order valence-corrected chi connectivity index (χ4v) is 1.96. The summed E-state index contributed by atoms with van der Waals surface area (Å²) in [5, 5.41) is 7.12. The summed E-state index contributed by atoms with van der Waals surface area (Å²) in [5.74, 6) is 1.63. The number of methoxy groups -OCH3 is 1. The van der Waals surface area contributed by atoms with Gasteiger partial charge in [0.25, 0.3) is 0 Å². The van der Waals surface area contributed by atoms with Crippen molar-refractivity contribution in [2.75, 3.05) is 12.8 Å². The highest BCUT2D eigenvalue weighted by Gasteiger charge is 2.06. The number of pyridine rings is 1. The van der Waals surface area contributed by atoms with Gasteiger partial charge in [0.2, 0.25) is 17.0 Å². The molecule has 0 saturated heterocycles. The lowest BCUT2D eigenvalue weighted by Crippen LogP contribution is -1.93. The number of hydrogen-bond acceptors (Lipinski definition) is 6. The first-order chi connectivity index (χ1) is 7.79. The molecule has 0 amide bonds. The van der Waals surface area contributed by atoms with Gasteiger partial charge in [-0.1, -0.05) is 17.8 Å². The first-order valence-electron chi connectivity index (χ1n) is 4.58. The van der Waals surface area contributed by atoms with Gasteiger partial charge in [-0.3, -0.25) is 0 Å². The summed E-state index contributed by atoms with van der Waals surface area (Å²) in [6, 6.07) is 3.82. The maximum absolute atomic E-state index is 5.42. The summed E-state index contributed by atoms with van der Waals surface area (Å²) in [4.78, 5) is 8.10. The van der Waals surface area contributed by atoms with Crippen LogP contribution in [-0.4, -0.2) is 27.3 Å². The third-order valence-corrected chi connectivity index (χ3v) is 2.78. The molecular formula is C9H11N5OS. The topological polar surface area (TPSA) is 89.7 Å². The Hall–Kier alpha value is -1.76. The van der Waals surface area contributed by atoms with Gasteiger partial charge in [-0.05, 0) is 6.07 Å². The van der Waals surface area contributed by atoms with Crippen LogP contribution in [0.25, 0.3) is 0 Å². The number of ether oxygens (including phenoxy) is 1.